The number of alkyl halides is 3. The van der Waals surface area contributed by atoms with Crippen LogP contribution in [0.1, 0.15) is 30.1 Å². The summed E-state index contributed by atoms with van der Waals surface area (Å²) in [6.07, 6.45) is -3.58. The van der Waals surface area contributed by atoms with Gasteiger partial charge in [-0.05, 0) is 67.5 Å². The van der Waals surface area contributed by atoms with E-state index in [4.69, 9.17) is 23.8 Å². The van der Waals surface area contributed by atoms with Crippen molar-refractivity contribution in [2.45, 2.75) is 29.8 Å². The molecule has 1 N–H and O–H groups in total. The number of sulfonamides is 1. The maximum atomic E-state index is 13.2. The molecule has 32 heavy (non-hydrogen) atoms. The maximum absolute atomic E-state index is 13.2. The third-order valence-corrected chi connectivity index (χ3v) is 7.84. The van der Waals surface area contributed by atoms with Gasteiger partial charge in [0.25, 0.3) is 0 Å². The number of rotatable bonds is 4. The van der Waals surface area contributed by atoms with Crippen molar-refractivity contribution in [1.29, 1.82) is 0 Å². The van der Waals surface area contributed by atoms with E-state index < -0.39 is 21.8 Å². The average molecular weight is 503 g/mol. The van der Waals surface area contributed by atoms with E-state index in [0.717, 1.165) is 12.1 Å². The molecule has 12 heteroatoms. The van der Waals surface area contributed by atoms with E-state index in [1.807, 2.05) is 0 Å². The molecule has 0 spiro atoms. The molecule has 4 rings (SSSR count). The first-order valence-electron chi connectivity index (χ1n) is 9.68. The molecular weight excluding hydrogens is 485 g/mol. The minimum absolute atomic E-state index is 0.159. The molecule has 0 aliphatic carbocycles. The Hall–Kier alpha value is -2.21. The Kier molecular flexibility index (Phi) is 6.19. The molecule has 1 fully saturated rings. The zero-order valence-electron chi connectivity index (χ0n) is 16.5. The molecule has 170 valence electrons. The summed E-state index contributed by atoms with van der Waals surface area (Å²) in [5, 5.41) is 7.34. The maximum Gasteiger partial charge on any atom is 0.416 e. The Morgan fingerprint density at radius 2 is 1.75 bits per heavy atom. The molecule has 1 aliphatic heterocycles. The molecule has 1 aliphatic rings. The minimum atomic E-state index is -4.48. The molecule has 0 amide bonds. The second-order valence-electron chi connectivity index (χ2n) is 7.40. The van der Waals surface area contributed by atoms with E-state index in [1.165, 1.54) is 45.3 Å². The zero-order chi connectivity index (χ0) is 23.1. The van der Waals surface area contributed by atoms with E-state index in [2.05, 4.69) is 10.2 Å². The van der Waals surface area contributed by atoms with Crippen LogP contribution < -0.4 is 0 Å². The summed E-state index contributed by atoms with van der Waals surface area (Å²) in [4.78, 5) is 0.159. The first-order chi connectivity index (χ1) is 15.1. The van der Waals surface area contributed by atoms with Crippen molar-refractivity contribution in [2.75, 3.05) is 13.1 Å². The normalized spacial score (nSPS) is 16.4. The highest BCUT2D eigenvalue weighted by Crippen LogP contribution is 2.33. The van der Waals surface area contributed by atoms with Gasteiger partial charge in [-0.2, -0.15) is 22.6 Å². The monoisotopic (exact) mass is 502 g/mol. The predicted octanol–water partition coefficient (Wildman–Crippen LogP) is 5.17. The number of nitrogens with zero attached hydrogens (tertiary/aromatic N) is 3. The first-order valence-corrected chi connectivity index (χ1v) is 11.9. The van der Waals surface area contributed by atoms with Crippen LogP contribution in [-0.2, 0) is 16.2 Å². The zero-order valence-corrected chi connectivity index (χ0v) is 18.9. The van der Waals surface area contributed by atoms with Gasteiger partial charge in [-0.1, -0.05) is 17.7 Å². The lowest BCUT2D eigenvalue weighted by Gasteiger charge is -2.31. The van der Waals surface area contributed by atoms with Crippen LogP contribution in [0.25, 0.3) is 5.69 Å². The minimum Gasteiger partial charge on any atom is -0.272 e. The van der Waals surface area contributed by atoms with Gasteiger partial charge in [0, 0.05) is 24.0 Å². The van der Waals surface area contributed by atoms with Gasteiger partial charge in [0.05, 0.1) is 16.1 Å². The van der Waals surface area contributed by atoms with Crippen molar-refractivity contribution in [2.24, 2.45) is 0 Å². The van der Waals surface area contributed by atoms with Crippen LogP contribution in [0.2, 0.25) is 5.02 Å². The van der Waals surface area contributed by atoms with E-state index in [0.29, 0.717) is 23.7 Å². The van der Waals surface area contributed by atoms with Crippen molar-refractivity contribution >= 4 is 33.8 Å². The fraction of sp³-hybridized carbons (Fsp3) is 0.300. The number of piperidine rings is 1. The van der Waals surface area contributed by atoms with E-state index >= 15 is 0 Å². The lowest BCUT2D eigenvalue weighted by molar-refractivity contribution is -0.137. The number of nitrogens with one attached hydrogen (secondary N) is 1. The molecule has 0 atom stereocenters. The van der Waals surface area contributed by atoms with Crippen molar-refractivity contribution in [3.05, 3.63) is 69.7 Å². The fourth-order valence-electron chi connectivity index (χ4n) is 3.76. The predicted molar refractivity (Wildman–Crippen MR) is 116 cm³/mol. The van der Waals surface area contributed by atoms with Crippen molar-refractivity contribution in [3.63, 3.8) is 0 Å². The van der Waals surface area contributed by atoms with Gasteiger partial charge in [0.2, 0.25) is 10.0 Å². The third kappa shape index (κ3) is 4.47. The van der Waals surface area contributed by atoms with E-state index in [9.17, 15) is 21.6 Å². The second-order valence-corrected chi connectivity index (χ2v) is 10.2. The van der Waals surface area contributed by atoms with Crippen molar-refractivity contribution in [1.82, 2.24) is 19.1 Å². The van der Waals surface area contributed by atoms with Gasteiger partial charge >= 0.3 is 6.18 Å². The highest BCUT2D eigenvalue weighted by molar-refractivity contribution is 7.89. The third-order valence-electron chi connectivity index (χ3n) is 5.40. The Morgan fingerprint density at radius 1 is 1.09 bits per heavy atom. The standard InChI is InChI=1S/C20H18ClF3N4O2S2/c21-15-4-6-17(7-5-15)32(29,30)27-10-8-13(9-11-27)18-25-26-19(31)28(18)16-3-1-2-14(12-16)20(22,23)24/h1-7,12-13H,8-11H2,(H,26,31). The van der Waals surface area contributed by atoms with Crippen LogP contribution in [0.4, 0.5) is 13.2 Å². The Morgan fingerprint density at radius 3 is 2.38 bits per heavy atom. The number of aromatic nitrogens is 3. The molecule has 3 aromatic rings. The molecule has 0 saturated carbocycles. The summed E-state index contributed by atoms with van der Waals surface area (Å²) >= 11 is 11.1. The molecule has 0 unspecified atom stereocenters. The van der Waals surface area contributed by atoms with Crippen LogP contribution in [0.15, 0.2) is 53.4 Å². The molecule has 0 bridgehead atoms. The first kappa shape index (κ1) is 23.0. The Bertz CT molecular complexity index is 1280. The summed E-state index contributed by atoms with van der Waals surface area (Å²) < 4.78 is 68.3. The quantitative estimate of drug-likeness (QED) is 0.500. The van der Waals surface area contributed by atoms with Gasteiger partial charge in [-0.15, -0.1) is 0 Å². The molecular formula is C20H18ClF3N4O2S2. The largest absolute Gasteiger partial charge is 0.416 e. The Balaban J connectivity index is 1.57. The topological polar surface area (TPSA) is 71.0 Å². The average Bonchev–Trinajstić information content (AvgIpc) is 3.15. The van der Waals surface area contributed by atoms with Crippen molar-refractivity contribution < 1.29 is 21.6 Å². The number of H-pyrrole nitrogens is 1. The Labute approximate surface area is 192 Å². The summed E-state index contributed by atoms with van der Waals surface area (Å²) in [6, 6.07) is 10.8. The lowest BCUT2D eigenvalue weighted by atomic mass is 9.97. The molecule has 2 heterocycles. The lowest BCUT2D eigenvalue weighted by Crippen LogP contribution is -2.38. The van der Waals surface area contributed by atoms with E-state index in [-0.39, 0.29) is 34.4 Å². The number of hydrogen-bond donors (Lipinski definition) is 1. The molecule has 6 nitrogen and oxygen atoms in total. The smallest absolute Gasteiger partial charge is 0.272 e. The van der Waals surface area contributed by atoms with Crippen molar-refractivity contribution in [3.8, 4) is 5.69 Å². The number of benzene rings is 2. The summed E-state index contributed by atoms with van der Waals surface area (Å²) in [5.41, 5.74) is -0.530. The van der Waals surface area contributed by atoms with Crippen LogP contribution >= 0.6 is 23.8 Å². The number of hydrogen-bond acceptors (Lipinski definition) is 4. The van der Waals surface area contributed by atoms with Crippen LogP contribution in [0.5, 0.6) is 0 Å². The number of halogens is 4. The fourth-order valence-corrected chi connectivity index (χ4v) is 5.60. The highest BCUT2D eigenvalue weighted by Gasteiger charge is 2.33. The summed E-state index contributed by atoms with van der Waals surface area (Å²) in [6.45, 7) is 0.496. The summed E-state index contributed by atoms with van der Waals surface area (Å²) in [5.74, 6) is 0.312. The van der Waals surface area contributed by atoms with Crippen LogP contribution in [-0.4, -0.2) is 40.6 Å². The van der Waals surface area contributed by atoms with Crippen LogP contribution in [0, 0.1) is 4.77 Å². The highest BCUT2D eigenvalue weighted by atomic mass is 35.5. The SMILES string of the molecule is O=S(=O)(c1ccc(Cl)cc1)N1CCC(c2n[nH]c(=S)n2-c2cccc(C(F)(F)F)c2)CC1. The molecule has 2 aromatic carbocycles. The summed E-state index contributed by atoms with van der Waals surface area (Å²) in [7, 11) is -3.67. The van der Waals surface area contributed by atoms with Gasteiger partial charge in [-0.3, -0.25) is 9.67 Å². The van der Waals surface area contributed by atoms with E-state index in [1.54, 1.807) is 0 Å². The van der Waals surface area contributed by atoms with Gasteiger partial charge in [0.15, 0.2) is 4.77 Å². The molecule has 1 saturated heterocycles. The van der Waals surface area contributed by atoms with Gasteiger partial charge in [-0.25, -0.2) is 8.42 Å². The molecule has 1 aromatic heterocycles. The van der Waals surface area contributed by atoms with Gasteiger partial charge in [0.1, 0.15) is 5.82 Å². The second kappa shape index (κ2) is 8.62. The molecule has 0 radical (unpaired) electrons. The number of aromatic amines is 1. The van der Waals surface area contributed by atoms with Gasteiger partial charge < -0.3 is 0 Å². The van der Waals surface area contributed by atoms with Crippen LogP contribution in [0.3, 0.4) is 0 Å².